The molecule has 0 spiro atoms. The molecule has 0 aromatic carbocycles. The number of anilines is 1. The van der Waals surface area contributed by atoms with Crippen molar-refractivity contribution in [2.45, 2.75) is 46.1 Å². The van der Waals surface area contributed by atoms with Crippen LogP contribution in [0.25, 0.3) is 0 Å². The van der Waals surface area contributed by atoms with Crippen molar-refractivity contribution in [2.75, 3.05) is 5.73 Å². The van der Waals surface area contributed by atoms with Gasteiger partial charge in [-0.1, -0.05) is 13.3 Å². The molecule has 3 nitrogen and oxygen atoms in total. The van der Waals surface area contributed by atoms with E-state index < -0.39 is 0 Å². The summed E-state index contributed by atoms with van der Waals surface area (Å²) in [5, 5.41) is 4.44. The molecule has 1 heterocycles. The van der Waals surface area contributed by atoms with Crippen LogP contribution in [-0.4, -0.2) is 9.78 Å². The minimum atomic E-state index is 0.357. The van der Waals surface area contributed by atoms with E-state index in [1.165, 1.54) is 12.8 Å². The molecule has 1 aromatic heterocycles. The SMILES string of the molecule is CCCCc1cc(N)n(C(C)C)n1. The number of unbranched alkanes of at least 4 members (excludes halogenated alkanes) is 1. The molecule has 0 atom stereocenters. The highest BCUT2D eigenvalue weighted by Gasteiger charge is 2.06. The van der Waals surface area contributed by atoms with E-state index in [-0.39, 0.29) is 0 Å². The van der Waals surface area contributed by atoms with Crippen molar-refractivity contribution in [3.05, 3.63) is 11.8 Å². The van der Waals surface area contributed by atoms with E-state index in [0.717, 1.165) is 17.9 Å². The Balaban J connectivity index is 2.71. The van der Waals surface area contributed by atoms with Crippen LogP contribution < -0.4 is 5.73 Å². The van der Waals surface area contributed by atoms with Crippen LogP contribution in [0.1, 0.15) is 45.3 Å². The third-order valence-electron chi connectivity index (χ3n) is 2.09. The topological polar surface area (TPSA) is 43.8 Å². The van der Waals surface area contributed by atoms with Gasteiger partial charge in [-0.05, 0) is 26.7 Å². The van der Waals surface area contributed by atoms with Gasteiger partial charge in [0.1, 0.15) is 5.82 Å². The summed E-state index contributed by atoms with van der Waals surface area (Å²) >= 11 is 0. The highest BCUT2D eigenvalue weighted by molar-refractivity contribution is 5.31. The van der Waals surface area contributed by atoms with Gasteiger partial charge in [0.05, 0.1) is 5.69 Å². The lowest BCUT2D eigenvalue weighted by molar-refractivity contribution is 0.532. The van der Waals surface area contributed by atoms with Gasteiger partial charge in [0.2, 0.25) is 0 Å². The van der Waals surface area contributed by atoms with Gasteiger partial charge in [0.15, 0.2) is 0 Å². The molecule has 2 N–H and O–H groups in total. The number of nitrogens with two attached hydrogens (primary N) is 1. The molecule has 0 unspecified atom stereocenters. The summed E-state index contributed by atoms with van der Waals surface area (Å²) in [6.07, 6.45) is 3.43. The summed E-state index contributed by atoms with van der Waals surface area (Å²) in [7, 11) is 0. The highest BCUT2D eigenvalue weighted by Crippen LogP contribution is 2.14. The second-order valence-electron chi connectivity index (χ2n) is 3.70. The molecule has 13 heavy (non-hydrogen) atoms. The van der Waals surface area contributed by atoms with Crippen LogP contribution in [-0.2, 0) is 6.42 Å². The van der Waals surface area contributed by atoms with Gasteiger partial charge in [-0.15, -0.1) is 0 Å². The first kappa shape index (κ1) is 10.1. The molecule has 0 aliphatic rings. The lowest BCUT2D eigenvalue weighted by Crippen LogP contribution is -2.06. The maximum absolute atomic E-state index is 5.81. The van der Waals surface area contributed by atoms with Crippen LogP contribution >= 0.6 is 0 Å². The number of rotatable bonds is 4. The van der Waals surface area contributed by atoms with E-state index in [2.05, 4.69) is 25.9 Å². The summed E-state index contributed by atoms with van der Waals surface area (Å²) in [4.78, 5) is 0. The van der Waals surface area contributed by atoms with E-state index in [4.69, 9.17) is 5.73 Å². The van der Waals surface area contributed by atoms with Crippen LogP contribution in [0.2, 0.25) is 0 Å². The zero-order chi connectivity index (χ0) is 9.84. The maximum Gasteiger partial charge on any atom is 0.122 e. The zero-order valence-electron chi connectivity index (χ0n) is 8.75. The van der Waals surface area contributed by atoms with E-state index in [1.54, 1.807) is 0 Å². The zero-order valence-corrected chi connectivity index (χ0v) is 8.75. The van der Waals surface area contributed by atoms with Crippen molar-refractivity contribution in [3.63, 3.8) is 0 Å². The highest BCUT2D eigenvalue weighted by atomic mass is 15.3. The average molecular weight is 181 g/mol. The van der Waals surface area contributed by atoms with E-state index >= 15 is 0 Å². The Morgan fingerprint density at radius 3 is 2.69 bits per heavy atom. The van der Waals surface area contributed by atoms with Crippen molar-refractivity contribution in [1.82, 2.24) is 9.78 Å². The summed E-state index contributed by atoms with van der Waals surface area (Å²) in [6.45, 7) is 6.36. The second-order valence-corrected chi connectivity index (χ2v) is 3.70. The number of aryl methyl sites for hydroxylation is 1. The standard InChI is InChI=1S/C10H19N3/c1-4-5-6-9-7-10(11)13(12-9)8(2)3/h7-8H,4-6,11H2,1-3H3. The largest absolute Gasteiger partial charge is 0.384 e. The molecular weight excluding hydrogens is 162 g/mol. The molecule has 1 rings (SSSR count). The molecule has 0 saturated carbocycles. The molecule has 0 radical (unpaired) electrons. The molecule has 1 aromatic rings. The molecule has 0 aliphatic heterocycles. The van der Waals surface area contributed by atoms with Crippen molar-refractivity contribution in [2.24, 2.45) is 0 Å². The Morgan fingerprint density at radius 2 is 2.23 bits per heavy atom. The second kappa shape index (κ2) is 4.30. The lowest BCUT2D eigenvalue weighted by atomic mass is 10.2. The number of aromatic nitrogens is 2. The Hall–Kier alpha value is -0.990. The Kier molecular flexibility index (Phi) is 3.34. The van der Waals surface area contributed by atoms with Crippen molar-refractivity contribution in [3.8, 4) is 0 Å². The number of hydrogen-bond donors (Lipinski definition) is 1. The van der Waals surface area contributed by atoms with Gasteiger partial charge in [-0.3, -0.25) is 0 Å². The van der Waals surface area contributed by atoms with E-state index in [0.29, 0.717) is 6.04 Å². The first-order chi connectivity index (χ1) is 6.15. The molecule has 74 valence electrons. The van der Waals surface area contributed by atoms with Crippen LogP contribution in [0, 0.1) is 0 Å². The number of nitrogens with zero attached hydrogens (tertiary/aromatic N) is 2. The summed E-state index contributed by atoms with van der Waals surface area (Å²) in [5.74, 6) is 0.779. The van der Waals surface area contributed by atoms with Gasteiger partial charge in [0, 0.05) is 12.1 Å². The third kappa shape index (κ3) is 2.47. The minimum absolute atomic E-state index is 0.357. The summed E-state index contributed by atoms with van der Waals surface area (Å²) in [6, 6.07) is 2.34. The predicted octanol–water partition coefficient (Wildman–Crippen LogP) is 2.39. The van der Waals surface area contributed by atoms with Gasteiger partial charge in [-0.2, -0.15) is 5.10 Å². The fraction of sp³-hybridized carbons (Fsp3) is 0.700. The molecule has 0 fully saturated rings. The number of hydrogen-bond acceptors (Lipinski definition) is 2. The van der Waals surface area contributed by atoms with Gasteiger partial charge in [0.25, 0.3) is 0 Å². The van der Waals surface area contributed by atoms with E-state index in [1.807, 2.05) is 10.7 Å². The number of nitrogen functional groups attached to an aromatic ring is 1. The quantitative estimate of drug-likeness (QED) is 0.775. The Labute approximate surface area is 79.9 Å². The molecule has 0 amide bonds. The molecular formula is C10H19N3. The maximum atomic E-state index is 5.81. The van der Waals surface area contributed by atoms with Crippen molar-refractivity contribution in [1.29, 1.82) is 0 Å². The fourth-order valence-corrected chi connectivity index (χ4v) is 1.36. The van der Waals surface area contributed by atoms with Crippen molar-refractivity contribution < 1.29 is 0 Å². The van der Waals surface area contributed by atoms with Crippen LogP contribution in [0.15, 0.2) is 6.07 Å². The first-order valence-corrected chi connectivity index (χ1v) is 4.99. The van der Waals surface area contributed by atoms with Gasteiger partial charge < -0.3 is 5.73 Å². The Bertz CT molecular complexity index is 263. The first-order valence-electron chi connectivity index (χ1n) is 4.99. The summed E-state index contributed by atoms with van der Waals surface area (Å²) in [5.41, 5.74) is 6.93. The fourth-order valence-electron chi connectivity index (χ4n) is 1.36. The predicted molar refractivity (Wildman–Crippen MR) is 55.6 cm³/mol. The van der Waals surface area contributed by atoms with Crippen molar-refractivity contribution >= 4 is 5.82 Å². The summed E-state index contributed by atoms with van der Waals surface area (Å²) < 4.78 is 1.88. The van der Waals surface area contributed by atoms with Gasteiger partial charge in [-0.25, -0.2) is 4.68 Å². The van der Waals surface area contributed by atoms with Crippen LogP contribution in [0.5, 0.6) is 0 Å². The molecule has 0 bridgehead atoms. The van der Waals surface area contributed by atoms with Gasteiger partial charge >= 0.3 is 0 Å². The third-order valence-corrected chi connectivity index (χ3v) is 2.09. The molecule has 0 saturated heterocycles. The smallest absolute Gasteiger partial charge is 0.122 e. The molecule has 0 aliphatic carbocycles. The monoisotopic (exact) mass is 181 g/mol. The normalized spacial score (nSPS) is 11.1. The molecule has 3 heteroatoms. The Morgan fingerprint density at radius 1 is 1.54 bits per heavy atom. The minimum Gasteiger partial charge on any atom is -0.384 e. The van der Waals surface area contributed by atoms with Crippen LogP contribution in [0.4, 0.5) is 5.82 Å². The lowest BCUT2D eigenvalue weighted by Gasteiger charge is -2.06. The average Bonchev–Trinajstić information content (AvgIpc) is 2.43. The van der Waals surface area contributed by atoms with Crippen LogP contribution in [0.3, 0.4) is 0 Å². The van der Waals surface area contributed by atoms with E-state index in [9.17, 15) is 0 Å².